The lowest BCUT2D eigenvalue weighted by Gasteiger charge is -2.23. The van der Waals surface area contributed by atoms with Crippen LogP contribution in [0.5, 0.6) is 0 Å². The molecule has 1 aliphatic carbocycles. The van der Waals surface area contributed by atoms with E-state index in [9.17, 15) is 0 Å². The van der Waals surface area contributed by atoms with Crippen LogP contribution in [-0.4, -0.2) is 12.6 Å². The van der Waals surface area contributed by atoms with E-state index in [0.29, 0.717) is 5.92 Å². The number of benzene rings is 1. The zero-order valence-corrected chi connectivity index (χ0v) is 13.6. The number of rotatable bonds is 9. The second-order valence-electron chi connectivity index (χ2n) is 6.26. The zero-order valence-electron chi connectivity index (χ0n) is 12.9. The molecule has 1 nitrogen and oxygen atoms in total. The Morgan fingerprint density at radius 3 is 2.45 bits per heavy atom. The molecule has 0 amide bonds. The number of halogens is 1. The molecule has 20 heavy (non-hydrogen) atoms. The largest absolute Gasteiger partial charge is 0.314 e. The number of nitrogens with one attached hydrogen (secondary N) is 1. The van der Waals surface area contributed by atoms with Gasteiger partial charge in [0.1, 0.15) is 0 Å². The van der Waals surface area contributed by atoms with E-state index < -0.39 is 0 Å². The Labute approximate surface area is 129 Å². The molecule has 0 saturated heterocycles. The summed E-state index contributed by atoms with van der Waals surface area (Å²) in [4.78, 5) is 0. The maximum Gasteiger partial charge on any atom is 0.0438 e. The summed E-state index contributed by atoms with van der Waals surface area (Å²) in [6, 6.07) is 9.11. The first-order chi connectivity index (χ1) is 9.72. The maximum atomic E-state index is 6.33. The Kier molecular flexibility index (Phi) is 6.38. The zero-order chi connectivity index (χ0) is 14.4. The highest BCUT2D eigenvalue weighted by atomic mass is 35.5. The van der Waals surface area contributed by atoms with Crippen LogP contribution in [0.3, 0.4) is 0 Å². The topological polar surface area (TPSA) is 12.0 Å². The SMILES string of the molecule is CCC(CC)CC(CNC1CC1)Cc1ccccc1Cl. The Morgan fingerprint density at radius 2 is 1.85 bits per heavy atom. The lowest BCUT2D eigenvalue weighted by atomic mass is 9.86. The van der Waals surface area contributed by atoms with Gasteiger partial charge in [-0.2, -0.15) is 0 Å². The third kappa shape index (κ3) is 5.10. The normalized spacial score (nSPS) is 16.6. The first kappa shape index (κ1) is 15.9. The summed E-state index contributed by atoms with van der Waals surface area (Å²) in [6.07, 6.45) is 7.74. The van der Waals surface area contributed by atoms with Crippen LogP contribution >= 0.6 is 11.6 Å². The van der Waals surface area contributed by atoms with E-state index in [1.54, 1.807) is 0 Å². The van der Waals surface area contributed by atoms with E-state index in [4.69, 9.17) is 11.6 Å². The van der Waals surface area contributed by atoms with Gasteiger partial charge in [-0.15, -0.1) is 0 Å². The van der Waals surface area contributed by atoms with Gasteiger partial charge in [0.15, 0.2) is 0 Å². The molecule has 112 valence electrons. The van der Waals surface area contributed by atoms with Crippen molar-refractivity contribution in [3.05, 3.63) is 34.9 Å². The minimum absolute atomic E-state index is 0.709. The lowest BCUT2D eigenvalue weighted by molar-refractivity contribution is 0.337. The average molecular weight is 294 g/mol. The van der Waals surface area contributed by atoms with E-state index in [0.717, 1.165) is 29.9 Å². The van der Waals surface area contributed by atoms with Crippen molar-refractivity contribution in [2.75, 3.05) is 6.54 Å². The van der Waals surface area contributed by atoms with Crippen molar-refractivity contribution < 1.29 is 0 Å². The Bertz CT molecular complexity index is 396. The van der Waals surface area contributed by atoms with Gasteiger partial charge in [0.25, 0.3) is 0 Å². The monoisotopic (exact) mass is 293 g/mol. The van der Waals surface area contributed by atoms with Gasteiger partial charge in [0.2, 0.25) is 0 Å². The van der Waals surface area contributed by atoms with Crippen molar-refractivity contribution in [3.8, 4) is 0 Å². The highest BCUT2D eigenvalue weighted by Gasteiger charge is 2.23. The van der Waals surface area contributed by atoms with Gasteiger partial charge in [0.05, 0.1) is 0 Å². The highest BCUT2D eigenvalue weighted by molar-refractivity contribution is 6.31. The molecule has 1 unspecified atom stereocenters. The van der Waals surface area contributed by atoms with Gasteiger partial charge < -0.3 is 5.32 Å². The molecule has 0 spiro atoms. The fourth-order valence-corrected chi connectivity index (χ4v) is 3.14. The Morgan fingerprint density at radius 1 is 1.15 bits per heavy atom. The molecular weight excluding hydrogens is 266 g/mol. The van der Waals surface area contributed by atoms with Gasteiger partial charge >= 0.3 is 0 Å². The van der Waals surface area contributed by atoms with Crippen LogP contribution in [0.25, 0.3) is 0 Å². The molecule has 0 aliphatic heterocycles. The van der Waals surface area contributed by atoms with Crippen LogP contribution in [0.15, 0.2) is 24.3 Å². The van der Waals surface area contributed by atoms with Crippen molar-refractivity contribution in [2.24, 2.45) is 11.8 Å². The third-order valence-electron chi connectivity index (χ3n) is 4.56. The van der Waals surface area contributed by atoms with Crippen LogP contribution in [-0.2, 0) is 6.42 Å². The Hall–Kier alpha value is -0.530. The van der Waals surface area contributed by atoms with E-state index in [-0.39, 0.29) is 0 Å². The number of hydrogen-bond acceptors (Lipinski definition) is 1. The summed E-state index contributed by atoms with van der Waals surface area (Å²) in [5, 5.41) is 4.63. The first-order valence-corrected chi connectivity index (χ1v) is 8.57. The van der Waals surface area contributed by atoms with E-state index in [1.807, 2.05) is 12.1 Å². The number of hydrogen-bond donors (Lipinski definition) is 1. The van der Waals surface area contributed by atoms with Gasteiger partial charge in [-0.1, -0.05) is 56.5 Å². The molecule has 1 aromatic rings. The molecule has 2 heteroatoms. The van der Waals surface area contributed by atoms with Crippen molar-refractivity contribution in [1.82, 2.24) is 5.32 Å². The molecule has 1 atom stereocenters. The first-order valence-electron chi connectivity index (χ1n) is 8.19. The van der Waals surface area contributed by atoms with Crippen LogP contribution in [0.2, 0.25) is 5.02 Å². The molecule has 0 aromatic heterocycles. The van der Waals surface area contributed by atoms with Crippen molar-refractivity contribution in [2.45, 2.75) is 58.4 Å². The lowest BCUT2D eigenvalue weighted by Crippen LogP contribution is -2.27. The molecule has 1 N–H and O–H groups in total. The second kappa shape index (κ2) is 8.05. The van der Waals surface area contributed by atoms with Gasteiger partial charge in [-0.25, -0.2) is 0 Å². The van der Waals surface area contributed by atoms with Crippen molar-refractivity contribution >= 4 is 11.6 Å². The Balaban J connectivity index is 1.94. The van der Waals surface area contributed by atoms with Gasteiger partial charge in [0, 0.05) is 11.1 Å². The minimum Gasteiger partial charge on any atom is -0.314 e. The second-order valence-corrected chi connectivity index (χ2v) is 6.67. The summed E-state index contributed by atoms with van der Waals surface area (Å²) >= 11 is 6.33. The molecule has 1 saturated carbocycles. The molecular formula is C18H28ClN. The molecule has 1 fully saturated rings. The van der Waals surface area contributed by atoms with E-state index in [1.165, 1.54) is 37.7 Å². The van der Waals surface area contributed by atoms with Crippen molar-refractivity contribution in [1.29, 1.82) is 0 Å². The smallest absolute Gasteiger partial charge is 0.0438 e. The van der Waals surface area contributed by atoms with E-state index >= 15 is 0 Å². The summed E-state index contributed by atoms with van der Waals surface area (Å²) < 4.78 is 0. The minimum atomic E-state index is 0.709. The predicted molar refractivity (Wildman–Crippen MR) is 88.4 cm³/mol. The summed E-state index contributed by atoms with van der Waals surface area (Å²) in [6.45, 7) is 5.77. The van der Waals surface area contributed by atoms with Crippen molar-refractivity contribution in [3.63, 3.8) is 0 Å². The highest BCUT2D eigenvalue weighted by Crippen LogP contribution is 2.26. The predicted octanol–water partition coefficient (Wildman–Crippen LogP) is 5.08. The summed E-state index contributed by atoms with van der Waals surface area (Å²) in [5.41, 5.74) is 1.31. The fourth-order valence-electron chi connectivity index (χ4n) is 2.93. The fraction of sp³-hybridized carbons (Fsp3) is 0.667. The van der Waals surface area contributed by atoms with Crippen LogP contribution in [0.4, 0.5) is 0 Å². The molecule has 2 rings (SSSR count). The maximum absolute atomic E-state index is 6.33. The standard InChI is InChI=1S/C18H28ClN/c1-3-14(4-2)11-15(13-20-17-9-10-17)12-16-7-5-6-8-18(16)19/h5-8,14-15,17,20H,3-4,9-13H2,1-2H3. The summed E-state index contributed by atoms with van der Waals surface area (Å²) in [7, 11) is 0. The molecule has 1 aliphatic rings. The van der Waals surface area contributed by atoms with Crippen LogP contribution < -0.4 is 5.32 Å². The quantitative estimate of drug-likeness (QED) is 0.670. The van der Waals surface area contributed by atoms with Crippen LogP contribution in [0.1, 0.15) is 51.5 Å². The molecule has 0 bridgehead atoms. The third-order valence-corrected chi connectivity index (χ3v) is 4.93. The van der Waals surface area contributed by atoms with Gasteiger partial charge in [-0.3, -0.25) is 0 Å². The molecule has 1 aromatic carbocycles. The average Bonchev–Trinajstić information content (AvgIpc) is 3.28. The summed E-state index contributed by atoms with van der Waals surface area (Å²) in [5.74, 6) is 1.56. The van der Waals surface area contributed by atoms with Crippen LogP contribution in [0, 0.1) is 11.8 Å². The van der Waals surface area contributed by atoms with E-state index in [2.05, 4.69) is 31.3 Å². The molecule has 0 heterocycles. The molecule has 0 radical (unpaired) electrons. The van der Waals surface area contributed by atoms with Gasteiger partial charge in [-0.05, 0) is 55.7 Å².